The summed E-state index contributed by atoms with van der Waals surface area (Å²) in [4.78, 5) is 0. The van der Waals surface area contributed by atoms with Crippen molar-refractivity contribution in [1.82, 2.24) is 0 Å². The Morgan fingerprint density at radius 1 is 1.20 bits per heavy atom. The SMILES string of the molecule is CCCCOC1CCC(c2ccc(OCC)c(C(F)(F)F)c2F)OC1. The summed E-state index contributed by atoms with van der Waals surface area (Å²) < 4.78 is 70.4. The topological polar surface area (TPSA) is 27.7 Å². The second-order valence-corrected chi connectivity index (χ2v) is 6.02. The standard InChI is InChI=1S/C18H24F4O3/c1-3-5-10-24-12-6-8-14(25-11-12)13-7-9-15(23-4-2)16(17(13)19)18(20,21)22/h7,9,12,14H,3-6,8,10-11H2,1-2H3. The highest BCUT2D eigenvalue weighted by molar-refractivity contribution is 5.42. The lowest BCUT2D eigenvalue weighted by Gasteiger charge is -2.30. The molecule has 1 aliphatic rings. The van der Waals surface area contributed by atoms with E-state index in [1.54, 1.807) is 6.92 Å². The third-order valence-electron chi connectivity index (χ3n) is 4.15. The van der Waals surface area contributed by atoms with Gasteiger partial charge in [-0.3, -0.25) is 0 Å². The second kappa shape index (κ2) is 8.85. The van der Waals surface area contributed by atoms with Gasteiger partial charge in [-0.2, -0.15) is 13.2 Å². The Morgan fingerprint density at radius 2 is 1.96 bits per heavy atom. The van der Waals surface area contributed by atoms with E-state index in [-0.39, 0.29) is 24.9 Å². The average Bonchev–Trinajstić information content (AvgIpc) is 2.55. The summed E-state index contributed by atoms with van der Waals surface area (Å²) >= 11 is 0. The molecule has 0 aliphatic carbocycles. The number of rotatable bonds is 7. The molecule has 7 heteroatoms. The summed E-state index contributed by atoms with van der Waals surface area (Å²) in [6.07, 6.45) is -2.61. The average molecular weight is 364 g/mol. The lowest BCUT2D eigenvalue weighted by atomic mass is 9.97. The van der Waals surface area contributed by atoms with Crippen molar-refractivity contribution in [2.45, 2.75) is 57.9 Å². The van der Waals surface area contributed by atoms with Gasteiger partial charge in [0.1, 0.15) is 17.1 Å². The Balaban J connectivity index is 2.13. The lowest BCUT2D eigenvalue weighted by molar-refractivity contribution is -0.141. The fourth-order valence-electron chi connectivity index (χ4n) is 2.86. The number of benzene rings is 1. The number of unbranched alkanes of at least 4 members (excludes halogenated alkanes) is 1. The van der Waals surface area contributed by atoms with Gasteiger partial charge >= 0.3 is 6.18 Å². The molecule has 0 amide bonds. The molecule has 3 nitrogen and oxygen atoms in total. The maximum absolute atomic E-state index is 14.6. The first-order valence-electron chi connectivity index (χ1n) is 8.64. The van der Waals surface area contributed by atoms with Gasteiger partial charge in [-0.15, -0.1) is 0 Å². The van der Waals surface area contributed by atoms with Crippen molar-refractivity contribution in [2.75, 3.05) is 19.8 Å². The molecule has 2 unspecified atom stereocenters. The van der Waals surface area contributed by atoms with Gasteiger partial charge in [-0.05, 0) is 38.3 Å². The number of hydrogen-bond acceptors (Lipinski definition) is 3. The molecule has 1 aromatic rings. The van der Waals surface area contributed by atoms with E-state index in [4.69, 9.17) is 14.2 Å². The second-order valence-electron chi connectivity index (χ2n) is 6.02. The molecule has 1 fully saturated rings. The van der Waals surface area contributed by atoms with E-state index in [0.29, 0.717) is 19.4 Å². The summed E-state index contributed by atoms with van der Waals surface area (Å²) in [6, 6.07) is 2.48. The summed E-state index contributed by atoms with van der Waals surface area (Å²) in [7, 11) is 0. The third-order valence-corrected chi connectivity index (χ3v) is 4.15. The van der Waals surface area contributed by atoms with Crippen molar-refractivity contribution >= 4 is 0 Å². The van der Waals surface area contributed by atoms with Crippen LogP contribution in [-0.4, -0.2) is 25.9 Å². The van der Waals surface area contributed by atoms with Crippen molar-refractivity contribution in [3.8, 4) is 5.75 Å². The largest absolute Gasteiger partial charge is 0.493 e. The summed E-state index contributed by atoms with van der Waals surface area (Å²) in [6.45, 7) is 4.52. The molecule has 2 atom stereocenters. The minimum Gasteiger partial charge on any atom is -0.493 e. The van der Waals surface area contributed by atoms with Gasteiger partial charge < -0.3 is 14.2 Å². The molecule has 0 spiro atoms. The number of halogens is 4. The molecule has 142 valence electrons. The molecule has 1 heterocycles. The zero-order chi connectivity index (χ0) is 18.4. The van der Waals surface area contributed by atoms with E-state index in [2.05, 4.69) is 6.92 Å². The minimum atomic E-state index is -4.83. The van der Waals surface area contributed by atoms with Gasteiger partial charge in [0, 0.05) is 12.2 Å². The van der Waals surface area contributed by atoms with Gasteiger partial charge in [0.25, 0.3) is 0 Å². The van der Waals surface area contributed by atoms with Crippen molar-refractivity contribution < 1.29 is 31.8 Å². The van der Waals surface area contributed by atoms with E-state index < -0.39 is 29.4 Å². The highest BCUT2D eigenvalue weighted by atomic mass is 19.4. The van der Waals surface area contributed by atoms with Crippen LogP contribution in [0, 0.1) is 5.82 Å². The molecule has 1 saturated heterocycles. The first-order chi connectivity index (χ1) is 11.9. The molecular formula is C18H24F4O3. The van der Waals surface area contributed by atoms with Gasteiger partial charge in [0.2, 0.25) is 0 Å². The van der Waals surface area contributed by atoms with Crippen molar-refractivity contribution in [3.05, 3.63) is 29.1 Å². The van der Waals surface area contributed by atoms with Crippen LogP contribution in [0.25, 0.3) is 0 Å². The summed E-state index contributed by atoms with van der Waals surface area (Å²) in [5, 5.41) is 0. The maximum Gasteiger partial charge on any atom is 0.422 e. The van der Waals surface area contributed by atoms with Crippen LogP contribution < -0.4 is 4.74 Å². The zero-order valence-corrected chi connectivity index (χ0v) is 14.5. The van der Waals surface area contributed by atoms with Crippen LogP contribution in [0.1, 0.15) is 56.8 Å². The molecule has 2 rings (SSSR count). The predicted octanol–water partition coefficient (Wildman–Crippen LogP) is 5.28. The lowest BCUT2D eigenvalue weighted by Crippen LogP contribution is -2.28. The molecule has 0 aromatic heterocycles. The molecule has 0 N–H and O–H groups in total. The Hall–Kier alpha value is -1.34. The predicted molar refractivity (Wildman–Crippen MR) is 85.1 cm³/mol. The summed E-state index contributed by atoms with van der Waals surface area (Å²) in [5.41, 5.74) is -1.44. The van der Waals surface area contributed by atoms with Crippen LogP contribution in [0.4, 0.5) is 17.6 Å². The van der Waals surface area contributed by atoms with E-state index >= 15 is 0 Å². The highest BCUT2D eigenvalue weighted by Gasteiger charge is 2.40. The van der Waals surface area contributed by atoms with Crippen LogP contribution in [0.5, 0.6) is 5.75 Å². The molecule has 1 aromatic carbocycles. The fourth-order valence-corrected chi connectivity index (χ4v) is 2.86. The third kappa shape index (κ3) is 5.07. The Kier molecular flexibility index (Phi) is 7.07. The molecule has 0 saturated carbocycles. The Bertz CT molecular complexity index is 552. The maximum atomic E-state index is 14.6. The Labute approximate surface area is 145 Å². The van der Waals surface area contributed by atoms with Gasteiger partial charge in [-0.25, -0.2) is 4.39 Å². The highest BCUT2D eigenvalue weighted by Crippen LogP contribution is 2.42. The number of alkyl halides is 3. The van der Waals surface area contributed by atoms with Crippen molar-refractivity contribution in [1.29, 1.82) is 0 Å². The van der Waals surface area contributed by atoms with Crippen LogP contribution in [0.2, 0.25) is 0 Å². The zero-order valence-electron chi connectivity index (χ0n) is 14.5. The van der Waals surface area contributed by atoms with Crippen LogP contribution >= 0.6 is 0 Å². The van der Waals surface area contributed by atoms with Gasteiger partial charge in [-0.1, -0.05) is 13.3 Å². The van der Waals surface area contributed by atoms with E-state index in [9.17, 15) is 17.6 Å². The Morgan fingerprint density at radius 3 is 2.52 bits per heavy atom. The first kappa shape index (κ1) is 20.0. The molecule has 0 radical (unpaired) electrons. The van der Waals surface area contributed by atoms with Gasteiger partial charge in [0.15, 0.2) is 0 Å². The summed E-state index contributed by atoms with van der Waals surface area (Å²) in [5.74, 6) is -1.80. The monoisotopic (exact) mass is 364 g/mol. The van der Waals surface area contributed by atoms with Crippen molar-refractivity contribution in [2.24, 2.45) is 0 Å². The van der Waals surface area contributed by atoms with Gasteiger partial charge in [0.05, 0.1) is 25.4 Å². The molecule has 0 bridgehead atoms. The normalized spacial score (nSPS) is 21.4. The number of ether oxygens (including phenoxy) is 3. The van der Waals surface area contributed by atoms with Crippen molar-refractivity contribution in [3.63, 3.8) is 0 Å². The smallest absolute Gasteiger partial charge is 0.422 e. The number of hydrogen-bond donors (Lipinski definition) is 0. The quantitative estimate of drug-likeness (QED) is 0.487. The fraction of sp³-hybridized carbons (Fsp3) is 0.667. The van der Waals surface area contributed by atoms with E-state index in [0.717, 1.165) is 18.9 Å². The minimum absolute atomic E-state index is 0.0264. The first-order valence-corrected chi connectivity index (χ1v) is 8.64. The molecule has 1 aliphatic heterocycles. The van der Waals surface area contributed by atoms with Crippen LogP contribution in [0.3, 0.4) is 0 Å². The molecular weight excluding hydrogens is 340 g/mol. The van der Waals surface area contributed by atoms with E-state index in [1.165, 1.54) is 6.07 Å². The van der Waals surface area contributed by atoms with Crippen LogP contribution in [-0.2, 0) is 15.7 Å². The van der Waals surface area contributed by atoms with E-state index in [1.807, 2.05) is 0 Å². The molecule has 25 heavy (non-hydrogen) atoms. The van der Waals surface area contributed by atoms with Crippen LogP contribution in [0.15, 0.2) is 12.1 Å².